The number of hydrogen-bond donors (Lipinski definition) is 2. The standard InChI is InChI=1S/C20H17N3OS/c21-13-15-8-10-17(11-9-15)22-14-19(24)23-20(18-7-4-12-25-18)16-5-2-1-3-6-16/h1-12,20,22H,14H2,(H,23,24). The maximum absolute atomic E-state index is 12.4. The average molecular weight is 347 g/mol. The molecule has 1 amide bonds. The van der Waals surface area contributed by atoms with Gasteiger partial charge in [0.05, 0.1) is 24.2 Å². The van der Waals surface area contributed by atoms with Crippen molar-refractivity contribution in [3.8, 4) is 6.07 Å². The van der Waals surface area contributed by atoms with Gasteiger partial charge in [-0.25, -0.2) is 0 Å². The van der Waals surface area contributed by atoms with Crippen molar-refractivity contribution in [1.82, 2.24) is 5.32 Å². The maximum atomic E-state index is 12.4. The van der Waals surface area contributed by atoms with Gasteiger partial charge in [0.1, 0.15) is 0 Å². The third-order valence-corrected chi connectivity index (χ3v) is 4.67. The Kier molecular flexibility index (Phi) is 5.45. The summed E-state index contributed by atoms with van der Waals surface area (Å²) in [5, 5.41) is 17.0. The highest BCUT2D eigenvalue weighted by molar-refractivity contribution is 7.10. The molecule has 25 heavy (non-hydrogen) atoms. The molecule has 0 aliphatic heterocycles. The summed E-state index contributed by atoms with van der Waals surface area (Å²) in [7, 11) is 0. The summed E-state index contributed by atoms with van der Waals surface area (Å²) < 4.78 is 0. The number of benzene rings is 2. The number of rotatable bonds is 6. The van der Waals surface area contributed by atoms with Crippen LogP contribution in [-0.4, -0.2) is 12.5 Å². The molecule has 0 aliphatic carbocycles. The van der Waals surface area contributed by atoms with E-state index in [4.69, 9.17) is 5.26 Å². The van der Waals surface area contributed by atoms with E-state index in [1.165, 1.54) is 0 Å². The molecule has 2 aromatic carbocycles. The molecular formula is C20H17N3OS. The normalized spacial score (nSPS) is 11.3. The average Bonchev–Trinajstić information content (AvgIpc) is 3.20. The van der Waals surface area contributed by atoms with Gasteiger partial charge in [-0.15, -0.1) is 11.3 Å². The molecule has 0 fully saturated rings. The van der Waals surface area contributed by atoms with Gasteiger partial charge in [-0.1, -0.05) is 36.4 Å². The van der Waals surface area contributed by atoms with Gasteiger partial charge < -0.3 is 10.6 Å². The Balaban J connectivity index is 1.65. The van der Waals surface area contributed by atoms with Crippen LogP contribution in [0.4, 0.5) is 5.69 Å². The fourth-order valence-corrected chi connectivity index (χ4v) is 3.28. The van der Waals surface area contributed by atoms with Crippen molar-refractivity contribution < 1.29 is 4.79 Å². The van der Waals surface area contributed by atoms with E-state index in [1.807, 2.05) is 47.8 Å². The summed E-state index contributed by atoms with van der Waals surface area (Å²) in [5.41, 5.74) is 2.45. The van der Waals surface area contributed by atoms with Gasteiger partial charge in [-0.05, 0) is 41.3 Å². The molecule has 4 nitrogen and oxygen atoms in total. The van der Waals surface area contributed by atoms with Crippen molar-refractivity contribution in [1.29, 1.82) is 5.26 Å². The monoisotopic (exact) mass is 347 g/mol. The van der Waals surface area contributed by atoms with Crippen LogP contribution >= 0.6 is 11.3 Å². The van der Waals surface area contributed by atoms with E-state index in [-0.39, 0.29) is 18.5 Å². The second-order valence-electron chi connectivity index (χ2n) is 5.47. The Morgan fingerprint density at radius 2 is 1.80 bits per heavy atom. The minimum absolute atomic E-state index is 0.0911. The molecule has 1 atom stereocenters. The molecule has 124 valence electrons. The Hall–Kier alpha value is -3.10. The highest BCUT2D eigenvalue weighted by Gasteiger charge is 2.17. The van der Waals surface area contributed by atoms with E-state index >= 15 is 0 Å². The number of nitrogens with one attached hydrogen (secondary N) is 2. The van der Waals surface area contributed by atoms with E-state index in [9.17, 15) is 4.79 Å². The van der Waals surface area contributed by atoms with Crippen LogP contribution in [0.1, 0.15) is 22.0 Å². The minimum Gasteiger partial charge on any atom is -0.376 e. The van der Waals surface area contributed by atoms with E-state index in [0.717, 1.165) is 16.1 Å². The smallest absolute Gasteiger partial charge is 0.240 e. The van der Waals surface area contributed by atoms with Crippen LogP contribution in [0.2, 0.25) is 0 Å². The maximum Gasteiger partial charge on any atom is 0.240 e. The van der Waals surface area contributed by atoms with Crippen LogP contribution in [0.5, 0.6) is 0 Å². The quantitative estimate of drug-likeness (QED) is 0.710. The summed E-state index contributed by atoms with van der Waals surface area (Å²) in [6, 6.07) is 22.9. The number of nitrogens with zero attached hydrogens (tertiary/aromatic N) is 1. The summed E-state index contributed by atoms with van der Waals surface area (Å²) in [6.45, 7) is 0.167. The van der Waals surface area contributed by atoms with Crippen LogP contribution in [-0.2, 0) is 4.79 Å². The van der Waals surface area contributed by atoms with Gasteiger partial charge in [-0.3, -0.25) is 4.79 Å². The summed E-state index contributed by atoms with van der Waals surface area (Å²) in [6.07, 6.45) is 0. The molecule has 0 saturated carbocycles. The lowest BCUT2D eigenvalue weighted by Crippen LogP contribution is -2.33. The highest BCUT2D eigenvalue weighted by atomic mass is 32.1. The molecule has 0 spiro atoms. The van der Waals surface area contributed by atoms with Gasteiger partial charge in [0, 0.05) is 10.6 Å². The number of carbonyl (C=O) groups is 1. The predicted molar refractivity (Wildman–Crippen MR) is 100 cm³/mol. The largest absolute Gasteiger partial charge is 0.376 e. The Morgan fingerprint density at radius 1 is 1.04 bits per heavy atom. The van der Waals surface area contributed by atoms with Crippen molar-refractivity contribution in [3.63, 3.8) is 0 Å². The molecule has 3 aromatic rings. The summed E-state index contributed by atoms with van der Waals surface area (Å²) in [4.78, 5) is 13.5. The molecule has 0 saturated heterocycles. The zero-order valence-corrected chi connectivity index (χ0v) is 14.3. The van der Waals surface area contributed by atoms with Gasteiger partial charge in [0.15, 0.2) is 0 Å². The molecule has 0 bridgehead atoms. The highest BCUT2D eigenvalue weighted by Crippen LogP contribution is 2.25. The minimum atomic E-state index is -0.156. The SMILES string of the molecule is N#Cc1ccc(NCC(=O)NC(c2ccccc2)c2cccs2)cc1. The zero-order valence-electron chi connectivity index (χ0n) is 13.5. The number of hydrogen-bond acceptors (Lipinski definition) is 4. The third-order valence-electron chi connectivity index (χ3n) is 3.73. The fraction of sp³-hybridized carbons (Fsp3) is 0.100. The lowest BCUT2D eigenvalue weighted by molar-refractivity contribution is -0.119. The van der Waals surface area contributed by atoms with Crippen molar-refractivity contribution in [2.24, 2.45) is 0 Å². The van der Waals surface area contributed by atoms with Gasteiger partial charge in [-0.2, -0.15) is 5.26 Å². The van der Waals surface area contributed by atoms with Crippen LogP contribution in [0, 0.1) is 11.3 Å². The lowest BCUT2D eigenvalue weighted by Gasteiger charge is -2.18. The van der Waals surface area contributed by atoms with E-state index in [0.29, 0.717) is 5.56 Å². The third kappa shape index (κ3) is 4.46. The first-order valence-corrected chi connectivity index (χ1v) is 8.76. The van der Waals surface area contributed by atoms with Crippen LogP contribution in [0.3, 0.4) is 0 Å². The Bertz CT molecular complexity index is 852. The van der Waals surface area contributed by atoms with E-state index in [1.54, 1.807) is 35.6 Å². The van der Waals surface area contributed by atoms with Gasteiger partial charge in [0.25, 0.3) is 0 Å². The van der Waals surface area contributed by atoms with Crippen molar-refractivity contribution in [2.45, 2.75) is 6.04 Å². The molecule has 1 unspecified atom stereocenters. The zero-order chi connectivity index (χ0) is 17.5. The summed E-state index contributed by atoms with van der Waals surface area (Å²) >= 11 is 1.62. The number of thiophene rings is 1. The Morgan fingerprint density at radius 3 is 2.44 bits per heavy atom. The van der Waals surface area contributed by atoms with E-state index < -0.39 is 0 Å². The molecule has 0 aliphatic rings. The molecule has 0 radical (unpaired) electrons. The van der Waals surface area contributed by atoms with Crippen molar-refractivity contribution >= 4 is 22.9 Å². The molecule has 5 heteroatoms. The molecule has 1 aromatic heterocycles. The van der Waals surface area contributed by atoms with Gasteiger partial charge >= 0.3 is 0 Å². The molecule has 2 N–H and O–H groups in total. The fourth-order valence-electron chi connectivity index (χ4n) is 2.48. The van der Waals surface area contributed by atoms with Crippen LogP contribution in [0.25, 0.3) is 0 Å². The first-order chi connectivity index (χ1) is 12.3. The second kappa shape index (κ2) is 8.13. The summed E-state index contributed by atoms with van der Waals surface area (Å²) in [5.74, 6) is -0.0911. The van der Waals surface area contributed by atoms with Crippen molar-refractivity contribution in [3.05, 3.63) is 88.1 Å². The lowest BCUT2D eigenvalue weighted by atomic mass is 10.1. The van der Waals surface area contributed by atoms with Gasteiger partial charge in [0.2, 0.25) is 5.91 Å². The number of nitriles is 1. The number of amides is 1. The topological polar surface area (TPSA) is 64.9 Å². The van der Waals surface area contributed by atoms with Crippen LogP contribution < -0.4 is 10.6 Å². The van der Waals surface area contributed by atoms with Crippen molar-refractivity contribution in [2.75, 3.05) is 11.9 Å². The number of anilines is 1. The molecular weight excluding hydrogens is 330 g/mol. The first kappa shape index (κ1) is 16.7. The molecule has 1 heterocycles. The predicted octanol–water partition coefficient (Wildman–Crippen LogP) is 3.94. The second-order valence-corrected chi connectivity index (χ2v) is 6.45. The molecule has 3 rings (SSSR count). The first-order valence-electron chi connectivity index (χ1n) is 7.88. The van der Waals surface area contributed by atoms with Crippen LogP contribution in [0.15, 0.2) is 72.1 Å². The van der Waals surface area contributed by atoms with E-state index in [2.05, 4.69) is 16.7 Å². The Labute approximate surface area is 150 Å². The number of carbonyl (C=O) groups excluding carboxylic acids is 1.